The molecule has 1 N–H and O–H groups in total. The highest BCUT2D eigenvalue weighted by Crippen LogP contribution is 2.17. The van der Waals surface area contributed by atoms with Gasteiger partial charge in [-0.2, -0.15) is 0 Å². The molecule has 20 heavy (non-hydrogen) atoms. The van der Waals surface area contributed by atoms with Crippen LogP contribution in [0.25, 0.3) is 0 Å². The first kappa shape index (κ1) is 15.9. The summed E-state index contributed by atoms with van der Waals surface area (Å²) in [6.45, 7) is 2.53. The number of carbonyl (C=O) groups is 2. The van der Waals surface area contributed by atoms with Crippen LogP contribution >= 0.6 is 0 Å². The number of aryl methyl sites for hydroxylation is 1. The summed E-state index contributed by atoms with van der Waals surface area (Å²) in [5.41, 5.74) is 1.95. The third kappa shape index (κ3) is 4.85. The number of benzene rings is 1. The molecule has 5 nitrogen and oxygen atoms in total. The summed E-state index contributed by atoms with van der Waals surface area (Å²) in [5.74, 6) is -0.586. The van der Waals surface area contributed by atoms with Crippen molar-refractivity contribution in [2.75, 3.05) is 33.1 Å². The van der Waals surface area contributed by atoms with Gasteiger partial charge in [-0.05, 0) is 44.8 Å². The predicted octanol–water partition coefficient (Wildman–Crippen LogP) is 1.84. The zero-order valence-corrected chi connectivity index (χ0v) is 12.3. The lowest BCUT2D eigenvalue weighted by atomic mass is 10.1. The lowest BCUT2D eigenvalue weighted by Crippen LogP contribution is -2.13. The van der Waals surface area contributed by atoms with Crippen molar-refractivity contribution in [3.05, 3.63) is 41.5 Å². The lowest BCUT2D eigenvalue weighted by molar-refractivity contribution is -0.111. The molecule has 0 aliphatic rings. The van der Waals surface area contributed by atoms with Crippen LogP contribution in [0, 0.1) is 6.92 Å². The van der Waals surface area contributed by atoms with Gasteiger partial charge in [0.05, 0.1) is 12.7 Å². The highest BCUT2D eigenvalue weighted by Gasteiger charge is 2.08. The van der Waals surface area contributed by atoms with Gasteiger partial charge in [0.2, 0.25) is 5.91 Å². The Hall–Kier alpha value is -2.14. The van der Waals surface area contributed by atoms with Gasteiger partial charge < -0.3 is 15.0 Å². The molecule has 0 unspecified atom stereocenters. The number of anilines is 1. The molecule has 0 saturated heterocycles. The van der Waals surface area contributed by atoms with Gasteiger partial charge in [0.25, 0.3) is 0 Å². The minimum atomic E-state index is -0.392. The molecule has 1 aromatic rings. The first-order valence-corrected chi connectivity index (χ1v) is 6.25. The monoisotopic (exact) mass is 276 g/mol. The van der Waals surface area contributed by atoms with E-state index in [0.29, 0.717) is 17.8 Å². The van der Waals surface area contributed by atoms with Gasteiger partial charge in [-0.15, -0.1) is 0 Å². The topological polar surface area (TPSA) is 58.6 Å². The predicted molar refractivity (Wildman–Crippen MR) is 78.8 cm³/mol. The van der Waals surface area contributed by atoms with Crippen LogP contribution in [0.1, 0.15) is 15.9 Å². The molecule has 0 aliphatic carbocycles. The van der Waals surface area contributed by atoms with Crippen LogP contribution in [0.5, 0.6) is 0 Å². The first-order chi connectivity index (χ1) is 9.43. The van der Waals surface area contributed by atoms with Crippen molar-refractivity contribution < 1.29 is 14.3 Å². The molecule has 0 spiro atoms. The van der Waals surface area contributed by atoms with Gasteiger partial charge in [-0.1, -0.05) is 6.08 Å². The number of ether oxygens (including phenoxy) is 1. The molecule has 0 atom stereocenters. The molecule has 0 radical (unpaired) electrons. The summed E-state index contributed by atoms with van der Waals surface area (Å²) < 4.78 is 4.65. The maximum atomic E-state index is 11.7. The summed E-state index contributed by atoms with van der Waals surface area (Å²) in [7, 11) is 5.19. The third-order valence-electron chi connectivity index (χ3n) is 2.65. The molecule has 1 amide bonds. The van der Waals surface area contributed by atoms with Gasteiger partial charge in [-0.25, -0.2) is 4.79 Å². The van der Waals surface area contributed by atoms with Crippen molar-refractivity contribution in [2.24, 2.45) is 0 Å². The van der Waals surface area contributed by atoms with Crippen LogP contribution in [-0.2, 0) is 9.53 Å². The van der Waals surface area contributed by atoms with Gasteiger partial charge in [0, 0.05) is 18.3 Å². The van der Waals surface area contributed by atoms with Crippen molar-refractivity contribution in [1.82, 2.24) is 4.90 Å². The first-order valence-electron chi connectivity index (χ1n) is 6.25. The summed E-state index contributed by atoms with van der Waals surface area (Å²) >= 11 is 0. The second-order valence-corrected chi connectivity index (χ2v) is 4.68. The molecular formula is C15H20N2O3. The van der Waals surface area contributed by atoms with Gasteiger partial charge in [0.15, 0.2) is 0 Å². The summed E-state index contributed by atoms with van der Waals surface area (Å²) in [5, 5.41) is 2.77. The quantitative estimate of drug-likeness (QED) is 0.658. The van der Waals surface area contributed by atoms with Crippen LogP contribution in [0.15, 0.2) is 30.4 Å². The van der Waals surface area contributed by atoms with Crippen molar-refractivity contribution >= 4 is 17.6 Å². The molecule has 0 saturated carbocycles. The smallest absolute Gasteiger partial charge is 0.337 e. The number of hydrogen-bond donors (Lipinski definition) is 1. The van der Waals surface area contributed by atoms with E-state index in [4.69, 9.17) is 0 Å². The number of rotatable bonds is 5. The summed E-state index contributed by atoms with van der Waals surface area (Å²) in [6.07, 6.45) is 3.28. The number of carbonyl (C=O) groups excluding carboxylic acids is 2. The highest BCUT2D eigenvalue weighted by atomic mass is 16.5. The Morgan fingerprint density at radius 2 is 2.05 bits per heavy atom. The molecule has 0 aromatic heterocycles. The average molecular weight is 276 g/mol. The largest absolute Gasteiger partial charge is 0.465 e. The van der Waals surface area contributed by atoms with Crippen molar-refractivity contribution in [3.8, 4) is 0 Å². The summed E-state index contributed by atoms with van der Waals surface area (Å²) in [4.78, 5) is 25.1. The Morgan fingerprint density at radius 1 is 1.35 bits per heavy atom. The molecule has 1 rings (SSSR count). The number of likely N-dealkylation sites (N-methyl/N-ethyl adjacent to an activating group) is 1. The average Bonchev–Trinajstić information content (AvgIpc) is 2.39. The second-order valence-electron chi connectivity index (χ2n) is 4.68. The van der Waals surface area contributed by atoms with Gasteiger partial charge in [0.1, 0.15) is 0 Å². The number of hydrogen-bond acceptors (Lipinski definition) is 4. The molecule has 108 valence electrons. The number of methoxy groups -OCH3 is 1. The third-order valence-corrected chi connectivity index (χ3v) is 2.65. The van der Waals surface area contributed by atoms with Crippen LogP contribution in [0.4, 0.5) is 5.69 Å². The highest BCUT2D eigenvalue weighted by molar-refractivity contribution is 6.00. The molecule has 0 fully saturated rings. The van der Waals surface area contributed by atoms with Crippen LogP contribution in [0.2, 0.25) is 0 Å². The van der Waals surface area contributed by atoms with E-state index in [2.05, 4.69) is 10.1 Å². The molecule has 0 aliphatic heterocycles. The SMILES string of the molecule is COC(=O)c1ccc(NC(=O)C=CCN(C)C)c(C)c1. The Kier molecular flexibility index (Phi) is 5.93. The van der Waals surface area contributed by atoms with Crippen LogP contribution < -0.4 is 5.32 Å². The van der Waals surface area contributed by atoms with E-state index in [0.717, 1.165) is 5.56 Å². The Balaban J connectivity index is 2.71. The van der Waals surface area contributed by atoms with E-state index in [1.54, 1.807) is 24.3 Å². The molecule has 1 aromatic carbocycles. The minimum absolute atomic E-state index is 0.194. The van der Waals surface area contributed by atoms with E-state index in [9.17, 15) is 9.59 Å². The fraction of sp³-hybridized carbons (Fsp3) is 0.333. The van der Waals surface area contributed by atoms with E-state index in [1.165, 1.54) is 13.2 Å². The minimum Gasteiger partial charge on any atom is -0.465 e. The molecule has 0 heterocycles. The van der Waals surface area contributed by atoms with Crippen molar-refractivity contribution in [2.45, 2.75) is 6.92 Å². The number of nitrogens with zero attached hydrogens (tertiary/aromatic N) is 1. The number of amides is 1. The molecule has 0 bridgehead atoms. The van der Waals surface area contributed by atoms with E-state index < -0.39 is 5.97 Å². The zero-order valence-electron chi connectivity index (χ0n) is 12.3. The fourth-order valence-corrected chi connectivity index (χ4v) is 1.59. The fourth-order valence-electron chi connectivity index (χ4n) is 1.59. The molecule has 5 heteroatoms. The van der Waals surface area contributed by atoms with Crippen molar-refractivity contribution in [3.63, 3.8) is 0 Å². The van der Waals surface area contributed by atoms with Gasteiger partial charge >= 0.3 is 5.97 Å². The Morgan fingerprint density at radius 3 is 2.60 bits per heavy atom. The van der Waals surface area contributed by atoms with E-state index in [1.807, 2.05) is 25.9 Å². The lowest BCUT2D eigenvalue weighted by Gasteiger charge is -2.08. The standard InChI is InChI=1S/C15H20N2O3/c1-11-10-12(15(19)20-4)7-8-13(11)16-14(18)6-5-9-17(2)3/h5-8,10H,9H2,1-4H3,(H,16,18). The van der Waals surface area contributed by atoms with Crippen LogP contribution in [0.3, 0.4) is 0 Å². The Bertz CT molecular complexity index is 522. The molecular weight excluding hydrogens is 256 g/mol. The maximum Gasteiger partial charge on any atom is 0.337 e. The van der Waals surface area contributed by atoms with Crippen molar-refractivity contribution in [1.29, 1.82) is 0 Å². The van der Waals surface area contributed by atoms with E-state index >= 15 is 0 Å². The zero-order chi connectivity index (χ0) is 15.1. The van der Waals surface area contributed by atoms with Gasteiger partial charge in [-0.3, -0.25) is 4.79 Å². The van der Waals surface area contributed by atoms with Crippen LogP contribution in [-0.4, -0.2) is 44.5 Å². The summed E-state index contributed by atoms with van der Waals surface area (Å²) in [6, 6.07) is 5.00. The Labute approximate surface area is 119 Å². The van der Waals surface area contributed by atoms with E-state index in [-0.39, 0.29) is 5.91 Å². The number of esters is 1. The second kappa shape index (κ2) is 7.45. The maximum absolute atomic E-state index is 11.7. The normalized spacial score (nSPS) is 10.8. The number of nitrogens with one attached hydrogen (secondary N) is 1.